The molecule has 0 atom stereocenters. The zero-order valence-electron chi connectivity index (χ0n) is 12.0. The van der Waals surface area contributed by atoms with E-state index in [0.29, 0.717) is 0 Å². The van der Waals surface area contributed by atoms with Crippen molar-refractivity contribution in [2.45, 2.75) is 0 Å². The minimum Gasteiger partial charge on any atom is -0.465 e. The molecule has 114 valence electrons. The zero-order chi connectivity index (χ0) is 16.3. The predicted molar refractivity (Wildman–Crippen MR) is 76.9 cm³/mol. The van der Waals surface area contributed by atoms with E-state index in [4.69, 9.17) is 0 Å². The van der Waals surface area contributed by atoms with Crippen LogP contribution in [0.5, 0.6) is 0 Å². The van der Waals surface area contributed by atoms with E-state index in [1.54, 1.807) is 0 Å². The van der Waals surface area contributed by atoms with E-state index in [0.717, 1.165) is 18.1 Å². The molecular weight excluding hydrogens is 292 g/mol. The third-order valence-electron chi connectivity index (χ3n) is 3.12. The minimum atomic E-state index is -0.874. The summed E-state index contributed by atoms with van der Waals surface area (Å²) in [6.45, 7) is 0. The Morgan fingerprint density at radius 3 is 2.41 bits per heavy atom. The normalized spacial score (nSPS) is 10.2. The van der Waals surface area contributed by atoms with E-state index in [-0.39, 0.29) is 16.8 Å². The summed E-state index contributed by atoms with van der Waals surface area (Å²) in [6.07, 6.45) is 0. The van der Waals surface area contributed by atoms with Gasteiger partial charge in [-0.05, 0) is 30.3 Å². The second kappa shape index (κ2) is 6.34. The number of halogens is 2. The number of nitrogens with zero attached hydrogens (tertiary/aromatic N) is 1. The molecule has 2 aromatic carbocycles. The van der Waals surface area contributed by atoms with Crippen molar-refractivity contribution in [1.82, 2.24) is 0 Å². The molecule has 2 aromatic rings. The van der Waals surface area contributed by atoms with Crippen LogP contribution in [0.25, 0.3) is 0 Å². The summed E-state index contributed by atoms with van der Waals surface area (Å²) >= 11 is 0. The summed E-state index contributed by atoms with van der Waals surface area (Å²) < 4.78 is 32.0. The van der Waals surface area contributed by atoms with Gasteiger partial charge >= 0.3 is 5.97 Å². The van der Waals surface area contributed by atoms with Crippen LogP contribution in [0.15, 0.2) is 42.5 Å². The Kier molecular flexibility index (Phi) is 4.50. The van der Waals surface area contributed by atoms with Crippen LogP contribution in [0, 0.1) is 11.6 Å². The number of amides is 1. The Morgan fingerprint density at radius 1 is 1.09 bits per heavy atom. The fraction of sp³-hybridized carbons (Fsp3) is 0.125. The predicted octanol–water partition coefficient (Wildman–Crippen LogP) is 3.03. The number of rotatable bonds is 3. The van der Waals surface area contributed by atoms with Crippen LogP contribution in [0.2, 0.25) is 0 Å². The standard InChI is InChI=1S/C16H13F2NO3/c1-19(15(20)10-5-3-6-11(17)9-10)13-8-4-7-12(14(13)18)16(21)22-2/h3-9H,1-2H3. The first kappa shape index (κ1) is 15.6. The Balaban J connectivity index is 2.39. The lowest BCUT2D eigenvalue weighted by Gasteiger charge is -2.19. The number of benzene rings is 2. The molecule has 1 amide bonds. The molecule has 0 aliphatic rings. The third-order valence-corrected chi connectivity index (χ3v) is 3.12. The fourth-order valence-corrected chi connectivity index (χ4v) is 1.97. The molecule has 0 radical (unpaired) electrons. The fourth-order valence-electron chi connectivity index (χ4n) is 1.97. The summed E-state index contributed by atoms with van der Waals surface area (Å²) in [5.41, 5.74) is -0.304. The van der Waals surface area contributed by atoms with Crippen molar-refractivity contribution in [2.75, 3.05) is 19.1 Å². The highest BCUT2D eigenvalue weighted by Gasteiger charge is 2.21. The lowest BCUT2D eigenvalue weighted by Crippen LogP contribution is -2.27. The second-order valence-electron chi connectivity index (χ2n) is 4.50. The molecule has 0 aliphatic heterocycles. The summed E-state index contributed by atoms with van der Waals surface area (Å²) in [5, 5.41) is 0. The van der Waals surface area contributed by atoms with Crippen LogP contribution in [-0.2, 0) is 4.74 Å². The maximum absolute atomic E-state index is 14.3. The highest BCUT2D eigenvalue weighted by Crippen LogP contribution is 2.23. The summed E-state index contributed by atoms with van der Waals surface area (Å²) in [7, 11) is 2.47. The van der Waals surface area contributed by atoms with E-state index in [1.165, 1.54) is 43.4 Å². The first-order valence-electron chi connectivity index (χ1n) is 6.36. The third kappa shape index (κ3) is 2.95. The molecule has 6 heteroatoms. The molecule has 4 nitrogen and oxygen atoms in total. The van der Waals surface area contributed by atoms with Crippen LogP contribution in [-0.4, -0.2) is 26.0 Å². The summed E-state index contributed by atoms with van der Waals surface area (Å²) in [4.78, 5) is 24.8. The van der Waals surface area contributed by atoms with Crippen LogP contribution in [0.1, 0.15) is 20.7 Å². The van der Waals surface area contributed by atoms with E-state index >= 15 is 0 Å². The minimum absolute atomic E-state index is 0.0744. The Morgan fingerprint density at radius 2 is 1.77 bits per heavy atom. The largest absolute Gasteiger partial charge is 0.465 e. The SMILES string of the molecule is COC(=O)c1cccc(N(C)C(=O)c2cccc(F)c2)c1F. The molecule has 2 rings (SSSR count). The quantitative estimate of drug-likeness (QED) is 0.819. The molecule has 0 heterocycles. The maximum atomic E-state index is 14.3. The average molecular weight is 305 g/mol. The number of carbonyl (C=O) groups excluding carboxylic acids is 2. The molecule has 22 heavy (non-hydrogen) atoms. The Hall–Kier alpha value is -2.76. The van der Waals surface area contributed by atoms with Crippen molar-refractivity contribution in [1.29, 1.82) is 0 Å². The average Bonchev–Trinajstić information content (AvgIpc) is 2.53. The van der Waals surface area contributed by atoms with E-state index < -0.39 is 23.5 Å². The smallest absolute Gasteiger partial charge is 0.340 e. The number of ether oxygens (including phenoxy) is 1. The number of anilines is 1. The van der Waals surface area contributed by atoms with Gasteiger partial charge in [0.1, 0.15) is 5.82 Å². The van der Waals surface area contributed by atoms with Gasteiger partial charge in [-0.2, -0.15) is 0 Å². The molecule has 0 aliphatic carbocycles. The molecule has 0 spiro atoms. The zero-order valence-corrected chi connectivity index (χ0v) is 12.0. The van der Waals surface area contributed by atoms with Gasteiger partial charge in [-0.15, -0.1) is 0 Å². The molecule has 0 saturated heterocycles. The molecule has 0 fully saturated rings. The van der Waals surface area contributed by atoms with Crippen LogP contribution < -0.4 is 4.90 Å². The Bertz CT molecular complexity index is 731. The van der Waals surface area contributed by atoms with Gasteiger partial charge < -0.3 is 9.64 Å². The monoisotopic (exact) mass is 305 g/mol. The van der Waals surface area contributed by atoms with Crippen molar-refractivity contribution in [3.05, 3.63) is 65.2 Å². The van der Waals surface area contributed by atoms with Gasteiger partial charge in [0.25, 0.3) is 5.91 Å². The maximum Gasteiger partial charge on any atom is 0.340 e. The number of methoxy groups -OCH3 is 1. The van der Waals surface area contributed by atoms with Gasteiger partial charge in [0.05, 0.1) is 18.4 Å². The van der Waals surface area contributed by atoms with Gasteiger partial charge in [-0.25, -0.2) is 13.6 Å². The second-order valence-corrected chi connectivity index (χ2v) is 4.50. The molecular formula is C16H13F2NO3. The Labute approximate surface area is 125 Å². The first-order chi connectivity index (χ1) is 10.5. The summed E-state index contributed by atoms with van der Waals surface area (Å²) in [6, 6.07) is 9.10. The molecule has 0 unspecified atom stereocenters. The lowest BCUT2D eigenvalue weighted by atomic mass is 10.1. The van der Waals surface area contributed by atoms with Gasteiger partial charge in [0.2, 0.25) is 0 Å². The van der Waals surface area contributed by atoms with Gasteiger partial charge in [-0.3, -0.25) is 4.79 Å². The number of hydrogen-bond acceptors (Lipinski definition) is 3. The summed E-state index contributed by atoms with van der Waals surface area (Å²) in [5.74, 6) is -2.88. The van der Waals surface area contributed by atoms with E-state index in [2.05, 4.69) is 4.74 Å². The number of carbonyl (C=O) groups is 2. The number of esters is 1. The molecule has 0 N–H and O–H groups in total. The van der Waals surface area contributed by atoms with Gasteiger partial charge in [0.15, 0.2) is 5.82 Å². The number of hydrogen-bond donors (Lipinski definition) is 0. The van der Waals surface area contributed by atoms with E-state index in [9.17, 15) is 18.4 Å². The topological polar surface area (TPSA) is 46.6 Å². The van der Waals surface area contributed by atoms with Crippen LogP contribution in [0.3, 0.4) is 0 Å². The van der Waals surface area contributed by atoms with Crippen LogP contribution >= 0.6 is 0 Å². The molecule has 0 bridgehead atoms. The van der Waals surface area contributed by atoms with Gasteiger partial charge in [-0.1, -0.05) is 12.1 Å². The first-order valence-corrected chi connectivity index (χ1v) is 6.36. The molecule has 0 aromatic heterocycles. The van der Waals surface area contributed by atoms with E-state index in [1.807, 2.05) is 0 Å². The van der Waals surface area contributed by atoms with Crippen molar-refractivity contribution in [3.8, 4) is 0 Å². The van der Waals surface area contributed by atoms with Crippen molar-refractivity contribution in [2.24, 2.45) is 0 Å². The van der Waals surface area contributed by atoms with Crippen molar-refractivity contribution >= 4 is 17.6 Å². The highest BCUT2D eigenvalue weighted by molar-refractivity contribution is 6.06. The van der Waals surface area contributed by atoms with Crippen molar-refractivity contribution in [3.63, 3.8) is 0 Å². The van der Waals surface area contributed by atoms with Gasteiger partial charge in [0, 0.05) is 12.6 Å². The molecule has 0 saturated carbocycles. The van der Waals surface area contributed by atoms with Crippen LogP contribution in [0.4, 0.5) is 14.5 Å². The highest BCUT2D eigenvalue weighted by atomic mass is 19.1. The lowest BCUT2D eigenvalue weighted by molar-refractivity contribution is 0.0595. The van der Waals surface area contributed by atoms with Crippen molar-refractivity contribution < 1.29 is 23.1 Å².